The summed E-state index contributed by atoms with van der Waals surface area (Å²) < 4.78 is 5.79. The molecule has 0 aliphatic rings. The number of aromatic carboxylic acids is 1. The summed E-state index contributed by atoms with van der Waals surface area (Å²) in [6.45, 7) is 0.361. The molecule has 2 aromatic carbocycles. The number of carboxylic acids is 1. The van der Waals surface area contributed by atoms with Crippen molar-refractivity contribution in [1.29, 1.82) is 0 Å². The van der Waals surface area contributed by atoms with Crippen LogP contribution in [0.2, 0.25) is 5.02 Å². The van der Waals surface area contributed by atoms with Crippen molar-refractivity contribution in [2.45, 2.75) is 6.54 Å². The van der Waals surface area contributed by atoms with E-state index in [1.165, 1.54) is 0 Å². The summed E-state index contributed by atoms with van der Waals surface area (Å²) in [6.07, 6.45) is 0. The van der Waals surface area contributed by atoms with Gasteiger partial charge in [-0.3, -0.25) is 0 Å². The molecule has 2 rings (SSSR count). The average molecular weight is 371 g/mol. The van der Waals surface area contributed by atoms with Gasteiger partial charge in [0.25, 0.3) is 0 Å². The Morgan fingerprint density at radius 3 is 2.71 bits per heavy atom. The fourth-order valence-electron chi connectivity index (χ4n) is 1.97. The van der Waals surface area contributed by atoms with Crippen molar-refractivity contribution in [3.05, 3.63) is 57.0 Å². The van der Waals surface area contributed by atoms with Crippen LogP contribution in [-0.2, 0) is 6.54 Å². The molecule has 2 N–H and O–H groups in total. The normalized spacial score (nSPS) is 10.2. The number of nitrogens with one attached hydrogen (secondary N) is 1. The molecule has 0 heterocycles. The van der Waals surface area contributed by atoms with Gasteiger partial charge < -0.3 is 15.2 Å². The van der Waals surface area contributed by atoms with Gasteiger partial charge in [0.1, 0.15) is 5.75 Å². The highest BCUT2D eigenvalue weighted by atomic mass is 79.9. The van der Waals surface area contributed by atoms with Gasteiger partial charge >= 0.3 is 5.97 Å². The Kier molecular flexibility index (Phi) is 5.09. The van der Waals surface area contributed by atoms with Crippen molar-refractivity contribution < 1.29 is 14.6 Å². The van der Waals surface area contributed by atoms with Crippen LogP contribution in [0.1, 0.15) is 15.9 Å². The molecular weight excluding hydrogens is 358 g/mol. The molecule has 0 unspecified atom stereocenters. The molecule has 4 nitrogen and oxygen atoms in total. The Morgan fingerprint density at radius 1 is 1.33 bits per heavy atom. The second-order valence-electron chi connectivity index (χ2n) is 4.24. The molecule has 0 aliphatic carbocycles. The number of carbonyl (C=O) groups is 1. The van der Waals surface area contributed by atoms with Crippen LogP contribution in [-0.4, -0.2) is 18.2 Å². The van der Waals surface area contributed by atoms with Gasteiger partial charge in [-0.25, -0.2) is 4.79 Å². The topological polar surface area (TPSA) is 58.6 Å². The SMILES string of the molecule is COc1cccc(Cl)c1CNc1cccc(Br)c1C(=O)O. The number of carboxylic acid groups (broad SMARTS) is 1. The molecule has 110 valence electrons. The predicted octanol–water partition coefficient (Wildman–Crippen LogP) is 4.42. The lowest BCUT2D eigenvalue weighted by molar-refractivity contribution is 0.0697. The van der Waals surface area contributed by atoms with Crippen LogP contribution in [0.4, 0.5) is 5.69 Å². The van der Waals surface area contributed by atoms with E-state index < -0.39 is 5.97 Å². The molecule has 0 saturated heterocycles. The van der Waals surface area contributed by atoms with Gasteiger partial charge in [-0.05, 0) is 40.2 Å². The summed E-state index contributed by atoms with van der Waals surface area (Å²) in [5.41, 5.74) is 1.47. The zero-order valence-corrected chi connectivity index (χ0v) is 13.5. The van der Waals surface area contributed by atoms with E-state index in [2.05, 4.69) is 21.2 Å². The summed E-state index contributed by atoms with van der Waals surface area (Å²) in [4.78, 5) is 11.3. The van der Waals surface area contributed by atoms with Crippen molar-refractivity contribution in [3.63, 3.8) is 0 Å². The van der Waals surface area contributed by atoms with Crippen molar-refractivity contribution in [2.75, 3.05) is 12.4 Å². The fourth-order valence-corrected chi connectivity index (χ4v) is 2.74. The molecule has 6 heteroatoms. The van der Waals surface area contributed by atoms with Crippen molar-refractivity contribution in [3.8, 4) is 5.75 Å². The first-order valence-electron chi connectivity index (χ1n) is 6.11. The molecule has 0 atom stereocenters. The number of rotatable bonds is 5. The van der Waals surface area contributed by atoms with Gasteiger partial charge in [-0.1, -0.05) is 23.7 Å². The molecule has 21 heavy (non-hydrogen) atoms. The largest absolute Gasteiger partial charge is 0.496 e. The first kappa shape index (κ1) is 15.7. The van der Waals surface area contributed by atoms with Crippen LogP contribution >= 0.6 is 27.5 Å². The molecule has 0 aromatic heterocycles. The highest BCUT2D eigenvalue weighted by Crippen LogP contribution is 2.29. The lowest BCUT2D eigenvalue weighted by atomic mass is 10.1. The number of anilines is 1. The Hall–Kier alpha value is -1.72. The predicted molar refractivity (Wildman–Crippen MR) is 86.4 cm³/mol. The zero-order valence-electron chi connectivity index (χ0n) is 11.2. The Bertz CT molecular complexity index is 676. The molecule has 2 aromatic rings. The lowest BCUT2D eigenvalue weighted by Crippen LogP contribution is -2.08. The van der Waals surface area contributed by atoms with E-state index in [1.54, 1.807) is 37.4 Å². The Morgan fingerprint density at radius 2 is 2.05 bits per heavy atom. The maximum atomic E-state index is 11.3. The van der Waals surface area contributed by atoms with Crippen LogP contribution < -0.4 is 10.1 Å². The third-order valence-electron chi connectivity index (χ3n) is 2.98. The first-order chi connectivity index (χ1) is 10.0. The third-order valence-corrected chi connectivity index (χ3v) is 3.99. The Labute approximate surface area is 135 Å². The van der Waals surface area contributed by atoms with Gasteiger partial charge in [0.2, 0.25) is 0 Å². The number of hydrogen-bond acceptors (Lipinski definition) is 3. The van der Waals surface area contributed by atoms with Crippen LogP contribution in [0.15, 0.2) is 40.9 Å². The number of halogens is 2. The molecule has 0 saturated carbocycles. The van der Waals surface area contributed by atoms with Gasteiger partial charge in [0, 0.05) is 21.6 Å². The maximum Gasteiger partial charge on any atom is 0.338 e. The number of methoxy groups -OCH3 is 1. The summed E-state index contributed by atoms with van der Waals surface area (Å²) >= 11 is 9.41. The van der Waals surface area contributed by atoms with Crippen molar-refractivity contribution in [2.24, 2.45) is 0 Å². The highest BCUT2D eigenvalue weighted by Gasteiger charge is 2.15. The molecular formula is C15H13BrClNO3. The highest BCUT2D eigenvalue weighted by molar-refractivity contribution is 9.10. The molecule has 0 aliphatic heterocycles. The second-order valence-corrected chi connectivity index (χ2v) is 5.50. The van der Waals surface area contributed by atoms with Crippen LogP contribution in [0.25, 0.3) is 0 Å². The fraction of sp³-hybridized carbons (Fsp3) is 0.133. The van der Waals surface area contributed by atoms with Crippen LogP contribution in [0.3, 0.4) is 0 Å². The summed E-state index contributed by atoms with van der Waals surface area (Å²) in [5.74, 6) is -0.349. The minimum Gasteiger partial charge on any atom is -0.496 e. The number of hydrogen-bond donors (Lipinski definition) is 2. The van der Waals surface area contributed by atoms with E-state index in [0.29, 0.717) is 27.5 Å². The first-order valence-corrected chi connectivity index (χ1v) is 7.28. The van der Waals surface area contributed by atoms with E-state index >= 15 is 0 Å². The second kappa shape index (κ2) is 6.83. The van der Waals surface area contributed by atoms with Crippen LogP contribution in [0, 0.1) is 0 Å². The number of benzene rings is 2. The Balaban J connectivity index is 2.29. The van der Waals surface area contributed by atoms with Crippen molar-refractivity contribution in [1.82, 2.24) is 0 Å². The third kappa shape index (κ3) is 3.49. The lowest BCUT2D eigenvalue weighted by Gasteiger charge is -2.14. The average Bonchev–Trinajstić information content (AvgIpc) is 2.45. The van der Waals surface area contributed by atoms with Gasteiger partial charge in [-0.2, -0.15) is 0 Å². The zero-order chi connectivity index (χ0) is 15.4. The van der Waals surface area contributed by atoms with E-state index in [1.807, 2.05) is 6.07 Å². The summed E-state index contributed by atoms with van der Waals surface area (Å²) in [6, 6.07) is 10.5. The minimum atomic E-state index is -1.00. The number of ether oxygens (including phenoxy) is 1. The van der Waals surface area contributed by atoms with E-state index in [9.17, 15) is 9.90 Å². The van der Waals surface area contributed by atoms with Gasteiger partial charge in [-0.15, -0.1) is 0 Å². The van der Waals surface area contributed by atoms with Gasteiger partial charge in [0.15, 0.2) is 0 Å². The maximum absolute atomic E-state index is 11.3. The smallest absolute Gasteiger partial charge is 0.338 e. The summed E-state index contributed by atoms with van der Waals surface area (Å²) in [7, 11) is 1.57. The molecule has 0 radical (unpaired) electrons. The van der Waals surface area contributed by atoms with Gasteiger partial charge in [0.05, 0.1) is 18.4 Å². The minimum absolute atomic E-state index is 0.184. The quantitative estimate of drug-likeness (QED) is 0.818. The van der Waals surface area contributed by atoms with Crippen LogP contribution in [0.5, 0.6) is 5.75 Å². The molecule has 0 spiro atoms. The van der Waals surface area contributed by atoms with E-state index in [0.717, 1.165) is 5.56 Å². The summed E-state index contributed by atoms with van der Waals surface area (Å²) in [5, 5.41) is 12.9. The van der Waals surface area contributed by atoms with E-state index in [-0.39, 0.29) is 5.56 Å². The standard InChI is InChI=1S/C15H13BrClNO3/c1-21-13-7-3-5-11(17)9(13)8-18-12-6-2-4-10(16)14(12)15(19)20/h2-7,18H,8H2,1H3,(H,19,20). The molecule has 0 amide bonds. The van der Waals surface area contributed by atoms with Crippen molar-refractivity contribution >= 4 is 39.2 Å². The molecule has 0 bridgehead atoms. The van der Waals surface area contributed by atoms with E-state index in [4.69, 9.17) is 16.3 Å². The monoisotopic (exact) mass is 369 g/mol. The molecule has 0 fully saturated rings.